The molecule has 0 fully saturated rings. The molecule has 1 amide bonds. The van der Waals surface area contributed by atoms with E-state index in [2.05, 4.69) is 20.7 Å². The molecule has 8 nitrogen and oxygen atoms in total. The Morgan fingerprint density at radius 2 is 1.85 bits per heavy atom. The lowest BCUT2D eigenvalue weighted by atomic mass is 10.2. The van der Waals surface area contributed by atoms with Crippen LogP contribution in [-0.2, 0) is 4.79 Å². The van der Waals surface area contributed by atoms with Gasteiger partial charge >= 0.3 is 0 Å². The van der Waals surface area contributed by atoms with Gasteiger partial charge in [-0.3, -0.25) is 4.79 Å². The van der Waals surface area contributed by atoms with Crippen molar-refractivity contribution >= 4 is 23.2 Å². The van der Waals surface area contributed by atoms with Crippen LogP contribution in [0, 0.1) is 0 Å². The van der Waals surface area contributed by atoms with Crippen LogP contribution in [0.25, 0.3) is 11.4 Å². The number of carbonyl (C=O) groups excluding carboxylic acids is 1. The average molecular weight is 388 g/mol. The summed E-state index contributed by atoms with van der Waals surface area (Å²) in [6.45, 7) is 1.68. The maximum absolute atomic E-state index is 12.6. The lowest BCUT2D eigenvalue weighted by molar-refractivity contribution is -0.119. The Morgan fingerprint density at radius 1 is 1.15 bits per heavy atom. The van der Waals surface area contributed by atoms with Crippen LogP contribution < -0.4 is 14.8 Å². The molecule has 0 saturated heterocycles. The fourth-order valence-electron chi connectivity index (χ4n) is 2.36. The van der Waals surface area contributed by atoms with E-state index in [1.165, 1.54) is 4.80 Å². The van der Waals surface area contributed by atoms with E-state index in [9.17, 15) is 4.79 Å². The number of hydrogen-bond acceptors (Lipinski definition) is 6. The molecular formula is C18H18ClN5O3. The molecule has 140 valence electrons. The number of aromatic nitrogens is 4. The van der Waals surface area contributed by atoms with Crippen LogP contribution in [0.1, 0.15) is 13.0 Å². The zero-order valence-corrected chi connectivity index (χ0v) is 15.8. The monoisotopic (exact) mass is 387 g/mol. The zero-order chi connectivity index (χ0) is 19.4. The summed E-state index contributed by atoms with van der Waals surface area (Å²) in [5.74, 6) is 1.22. The van der Waals surface area contributed by atoms with Gasteiger partial charge in [-0.05, 0) is 24.3 Å². The quantitative estimate of drug-likeness (QED) is 0.698. The molecule has 1 atom stereocenters. The summed E-state index contributed by atoms with van der Waals surface area (Å²) in [5.41, 5.74) is 1.26. The van der Waals surface area contributed by atoms with Crippen molar-refractivity contribution in [1.82, 2.24) is 20.2 Å². The summed E-state index contributed by atoms with van der Waals surface area (Å²) < 4.78 is 10.4. The summed E-state index contributed by atoms with van der Waals surface area (Å²) >= 11 is 5.99. The summed E-state index contributed by atoms with van der Waals surface area (Å²) in [6.07, 6.45) is 0. The number of carbonyl (C=O) groups is 1. The fraction of sp³-hybridized carbons (Fsp3) is 0.222. The van der Waals surface area contributed by atoms with Gasteiger partial charge in [0, 0.05) is 34.5 Å². The van der Waals surface area contributed by atoms with E-state index >= 15 is 0 Å². The molecule has 0 saturated carbocycles. The van der Waals surface area contributed by atoms with Gasteiger partial charge in [-0.25, -0.2) is 0 Å². The molecule has 0 radical (unpaired) electrons. The third-order valence-electron chi connectivity index (χ3n) is 3.86. The molecule has 0 unspecified atom stereocenters. The van der Waals surface area contributed by atoms with E-state index in [1.54, 1.807) is 57.5 Å². The minimum absolute atomic E-state index is 0.305. The maximum Gasteiger partial charge on any atom is 0.250 e. The number of amides is 1. The number of ether oxygens (including phenoxy) is 2. The first-order valence-electron chi connectivity index (χ1n) is 8.09. The largest absolute Gasteiger partial charge is 0.497 e. The molecule has 0 bridgehead atoms. The second kappa shape index (κ2) is 8.05. The first-order valence-corrected chi connectivity index (χ1v) is 8.47. The lowest BCUT2D eigenvalue weighted by Crippen LogP contribution is -2.25. The molecule has 1 heterocycles. The van der Waals surface area contributed by atoms with Crippen molar-refractivity contribution in [3.8, 4) is 22.9 Å². The highest BCUT2D eigenvalue weighted by atomic mass is 35.5. The van der Waals surface area contributed by atoms with Crippen molar-refractivity contribution in [2.45, 2.75) is 13.0 Å². The molecule has 3 rings (SSSR count). The summed E-state index contributed by atoms with van der Waals surface area (Å²) in [6, 6.07) is 11.5. The molecule has 0 spiro atoms. The van der Waals surface area contributed by atoms with Crippen LogP contribution >= 0.6 is 11.6 Å². The predicted octanol–water partition coefficient (Wildman–Crippen LogP) is 3.21. The second-order valence-electron chi connectivity index (χ2n) is 5.71. The van der Waals surface area contributed by atoms with Gasteiger partial charge in [-0.15, -0.1) is 10.2 Å². The molecule has 3 aromatic rings. The number of rotatable bonds is 6. The number of nitrogens with zero attached hydrogens (tertiary/aromatic N) is 4. The van der Waals surface area contributed by atoms with Crippen LogP contribution in [0.3, 0.4) is 0 Å². The standard InChI is InChI=1S/C18H18ClN5O3/c1-11(18(25)20-14-8-15(26-2)10-16(9-14)27-3)24-22-17(21-23-24)12-5-4-6-13(19)7-12/h4-11H,1-3H3,(H,20,25)/t11-/m1/s1. The minimum Gasteiger partial charge on any atom is -0.497 e. The highest BCUT2D eigenvalue weighted by Crippen LogP contribution is 2.26. The Balaban J connectivity index is 1.76. The third-order valence-corrected chi connectivity index (χ3v) is 4.09. The topological polar surface area (TPSA) is 91.2 Å². The predicted molar refractivity (Wildman–Crippen MR) is 101 cm³/mol. The van der Waals surface area contributed by atoms with Crippen LogP contribution in [-0.4, -0.2) is 40.3 Å². The van der Waals surface area contributed by atoms with Gasteiger partial charge < -0.3 is 14.8 Å². The van der Waals surface area contributed by atoms with Crippen LogP contribution in [0.2, 0.25) is 5.02 Å². The van der Waals surface area contributed by atoms with E-state index < -0.39 is 6.04 Å². The second-order valence-corrected chi connectivity index (χ2v) is 6.15. The molecular weight excluding hydrogens is 370 g/mol. The van der Waals surface area contributed by atoms with E-state index in [4.69, 9.17) is 21.1 Å². The SMILES string of the molecule is COc1cc(NC(=O)[C@@H](C)n2nnc(-c3cccc(Cl)c3)n2)cc(OC)c1. The van der Waals surface area contributed by atoms with Crippen molar-refractivity contribution in [3.63, 3.8) is 0 Å². The molecule has 1 N–H and O–H groups in total. The lowest BCUT2D eigenvalue weighted by Gasteiger charge is -2.13. The minimum atomic E-state index is -0.678. The Labute approximate surface area is 161 Å². The van der Waals surface area contributed by atoms with E-state index in [-0.39, 0.29) is 5.91 Å². The van der Waals surface area contributed by atoms with Crippen molar-refractivity contribution in [1.29, 1.82) is 0 Å². The Kier molecular flexibility index (Phi) is 5.56. The molecule has 9 heteroatoms. The van der Waals surface area contributed by atoms with Gasteiger partial charge in [0.15, 0.2) is 0 Å². The van der Waals surface area contributed by atoms with Gasteiger partial charge in [-0.2, -0.15) is 4.80 Å². The number of tetrazole rings is 1. The smallest absolute Gasteiger partial charge is 0.250 e. The normalized spacial score (nSPS) is 11.7. The molecule has 1 aromatic heterocycles. The number of nitrogens with one attached hydrogen (secondary N) is 1. The highest BCUT2D eigenvalue weighted by Gasteiger charge is 2.19. The van der Waals surface area contributed by atoms with Crippen LogP contribution in [0.4, 0.5) is 5.69 Å². The Hall–Kier alpha value is -3.13. The van der Waals surface area contributed by atoms with Gasteiger partial charge in [0.05, 0.1) is 14.2 Å². The molecule has 0 aliphatic rings. The van der Waals surface area contributed by atoms with Gasteiger partial charge in [0.1, 0.15) is 17.5 Å². The first-order chi connectivity index (χ1) is 13.0. The van der Waals surface area contributed by atoms with Crippen molar-refractivity contribution < 1.29 is 14.3 Å². The fourth-order valence-corrected chi connectivity index (χ4v) is 2.55. The van der Waals surface area contributed by atoms with E-state index in [0.717, 1.165) is 5.56 Å². The van der Waals surface area contributed by atoms with Crippen LogP contribution in [0.15, 0.2) is 42.5 Å². The van der Waals surface area contributed by atoms with Crippen molar-refractivity contribution in [2.75, 3.05) is 19.5 Å². The average Bonchev–Trinajstić information content (AvgIpc) is 3.17. The number of halogens is 1. The highest BCUT2D eigenvalue weighted by molar-refractivity contribution is 6.30. The number of anilines is 1. The molecule has 0 aliphatic carbocycles. The Morgan fingerprint density at radius 3 is 2.48 bits per heavy atom. The number of benzene rings is 2. The molecule has 27 heavy (non-hydrogen) atoms. The summed E-state index contributed by atoms with van der Waals surface area (Å²) in [4.78, 5) is 13.8. The van der Waals surface area contributed by atoms with Crippen LogP contribution in [0.5, 0.6) is 11.5 Å². The first kappa shape index (κ1) is 18.7. The summed E-state index contributed by atoms with van der Waals surface area (Å²) in [5, 5.41) is 15.6. The Bertz CT molecular complexity index is 937. The van der Waals surface area contributed by atoms with E-state index in [1.807, 2.05) is 6.07 Å². The zero-order valence-electron chi connectivity index (χ0n) is 15.0. The maximum atomic E-state index is 12.6. The number of methoxy groups -OCH3 is 2. The summed E-state index contributed by atoms with van der Waals surface area (Å²) in [7, 11) is 3.08. The van der Waals surface area contributed by atoms with Gasteiger partial charge in [-0.1, -0.05) is 23.7 Å². The van der Waals surface area contributed by atoms with Crippen molar-refractivity contribution in [3.05, 3.63) is 47.5 Å². The van der Waals surface area contributed by atoms with Gasteiger partial charge in [0.25, 0.3) is 5.91 Å². The van der Waals surface area contributed by atoms with Gasteiger partial charge in [0.2, 0.25) is 5.82 Å². The van der Waals surface area contributed by atoms with E-state index in [0.29, 0.717) is 28.0 Å². The third kappa shape index (κ3) is 4.35. The number of hydrogen-bond donors (Lipinski definition) is 1. The molecule has 0 aliphatic heterocycles. The molecule has 2 aromatic carbocycles. The van der Waals surface area contributed by atoms with Crippen molar-refractivity contribution in [2.24, 2.45) is 0 Å².